The van der Waals surface area contributed by atoms with E-state index < -0.39 is 0 Å². The molecule has 4 rings (SSSR count). The Labute approximate surface area is 219 Å². The lowest BCUT2D eigenvalue weighted by Crippen LogP contribution is -2.09. The van der Waals surface area contributed by atoms with E-state index in [2.05, 4.69) is 69.4 Å². The summed E-state index contributed by atoms with van der Waals surface area (Å²) in [5.41, 5.74) is 3.92. The van der Waals surface area contributed by atoms with Crippen LogP contribution in [0.3, 0.4) is 0 Å². The predicted octanol–water partition coefficient (Wildman–Crippen LogP) is 7.34. The smallest absolute Gasteiger partial charge is 0.341 e. The summed E-state index contributed by atoms with van der Waals surface area (Å²) >= 11 is 6.23. The summed E-state index contributed by atoms with van der Waals surface area (Å²) in [6.07, 6.45) is 6.06. The predicted molar refractivity (Wildman–Crippen MR) is 147 cm³/mol. The Hall–Kier alpha value is -1.46. The molecule has 0 atom stereocenters. The lowest BCUT2D eigenvalue weighted by molar-refractivity contribution is 0.0526. The fraction of sp³-hybridized carbons (Fsp3) is 0.280. The monoisotopic (exact) mass is 671 g/mol. The molecular formula is C25H23I2NO3S. The van der Waals surface area contributed by atoms with E-state index in [4.69, 9.17) is 14.5 Å². The van der Waals surface area contributed by atoms with Gasteiger partial charge in [0.2, 0.25) is 0 Å². The van der Waals surface area contributed by atoms with E-state index in [1.54, 1.807) is 11.3 Å². The topological polar surface area (TPSA) is 47.9 Å². The highest BCUT2D eigenvalue weighted by molar-refractivity contribution is 14.1. The van der Waals surface area contributed by atoms with Crippen LogP contribution in [0, 0.1) is 7.14 Å². The Morgan fingerprint density at radius 1 is 1.12 bits per heavy atom. The third-order valence-electron chi connectivity index (χ3n) is 5.21. The maximum Gasteiger partial charge on any atom is 0.341 e. The zero-order chi connectivity index (χ0) is 22.5. The van der Waals surface area contributed by atoms with E-state index in [9.17, 15) is 4.79 Å². The number of rotatable bonds is 7. The molecule has 0 saturated carbocycles. The maximum absolute atomic E-state index is 12.6. The molecular weight excluding hydrogens is 648 g/mol. The van der Waals surface area contributed by atoms with Gasteiger partial charge in [-0.2, -0.15) is 0 Å². The van der Waals surface area contributed by atoms with Crippen molar-refractivity contribution in [2.24, 2.45) is 4.99 Å². The molecule has 1 aromatic heterocycles. The summed E-state index contributed by atoms with van der Waals surface area (Å²) in [6.45, 7) is 2.74. The van der Waals surface area contributed by atoms with Crippen molar-refractivity contribution in [3.8, 4) is 5.75 Å². The first-order valence-corrected chi connectivity index (χ1v) is 13.6. The zero-order valence-corrected chi connectivity index (χ0v) is 22.8. The fourth-order valence-corrected chi connectivity index (χ4v) is 7.06. The standard InChI is InChI=1S/C25H23I2NO3S/c1-2-30-25(29)22-18-10-6-7-11-21(18)32-24(22)28-14-17-12-19(26)23(20(27)13-17)31-15-16-8-4-3-5-9-16/h3-5,8-9,12-14H,2,6-7,10-11,15H2,1H3. The van der Waals surface area contributed by atoms with Crippen LogP contribution in [-0.4, -0.2) is 18.8 Å². The van der Waals surface area contributed by atoms with Crippen molar-refractivity contribution in [3.63, 3.8) is 0 Å². The average molecular weight is 671 g/mol. The molecule has 0 radical (unpaired) electrons. The van der Waals surface area contributed by atoms with Crippen LogP contribution in [0.1, 0.15) is 51.7 Å². The van der Waals surface area contributed by atoms with Crippen molar-refractivity contribution in [3.05, 3.63) is 76.7 Å². The quantitative estimate of drug-likeness (QED) is 0.150. The van der Waals surface area contributed by atoms with Crippen molar-refractivity contribution in [2.75, 3.05) is 6.61 Å². The number of aliphatic imine (C=N–C) groups is 1. The van der Waals surface area contributed by atoms with Crippen LogP contribution in [-0.2, 0) is 24.2 Å². The first-order valence-electron chi connectivity index (χ1n) is 10.6. The minimum atomic E-state index is -0.257. The summed E-state index contributed by atoms with van der Waals surface area (Å²) in [5.74, 6) is 0.624. The number of carbonyl (C=O) groups excluding carboxylic acids is 1. The van der Waals surface area contributed by atoms with Gasteiger partial charge in [-0.1, -0.05) is 30.3 Å². The molecule has 3 aromatic rings. The molecule has 0 amide bonds. The van der Waals surface area contributed by atoms with Gasteiger partial charge in [0.15, 0.2) is 0 Å². The van der Waals surface area contributed by atoms with Crippen molar-refractivity contribution in [1.29, 1.82) is 0 Å². The molecule has 1 heterocycles. The van der Waals surface area contributed by atoms with Crippen molar-refractivity contribution >= 4 is 73.7 Å². The van der Waals surface area contributed by atoms with E-state index in [1.807, 2.05) is 31.3 Å². The van der Waals surface area contributed by atoms with Crippen molar-refractivity contribution < 1.29 is 14.3 Å². The largest absolute Gasteiger partial charge is 0.487 e. The maximum atomic E-state index is 12.6. The molecule has 0 aliphatic heterocycles. The molecule has 0 bridgehead atoms. The summed E-state index contributed by atoms with van der Waals surface area (Å²) in [7, 11) is 0. The number of ether oxygens (including phenoxy) is 2. The molecule has 0 fully saturated rings. The highest BCUT2D eigenvalue weighted by atomic mass is 127. The van der Waals surface area contributed by atoms with Gasteiger partial charge in [-0.25, -0.2) is 9.79 Å². The minimum Gasteiger partial charge on any atom is -0.487 e. The second-order valence-corrected chi connectivity index (χ2v) is 10.9. The summed E-state index contributed by atoms with van der Waals surface area (Å²) < 4.78 is 13.5. The molecule has 0 saturated heterocycles. The Morgan fingerprint density at radius 2 is 1.84 bits per heavy atom. The lowest BCUT2D eigenvalue weighted by Gasteiger charge is -2.12. The number of hydrogen-bond donors (Lipinski definition) is 0. The normalized spacial score (nSPS) is 13.2. The molecule has 1 aliphatic rings. The third kappa shape index (κ3) is 5.53. The van der Waals surface area contributed by atoms with Gasteiger partial charge in [0.25, 0.3) is 0 Å². The van der Waals surface area contributed by atoms with Gasteiger partial charge in [0.05, 0.1) is 19.3 Å². The number of fused-ring (bicyclic) bond motifs is 1. The van der Waals surface area contributed by atoms with Crippen LogP contribution in [0.15, 0.2) is 47.5 Å². The molecule has 2 aromatic carbocycles. The minimum absolute atomic E-state index is 0.257. The van der Waals surface area contributed by atoms with Gasteiger partial charge in [-0.05, 0) is 107 Å². The van der Waals surface area contributed by atoms with E-state index >= 15 is 0 Å². The highest BCUT2D eigenvalue weighted by Gasteiger charge is 2.26. The number of nitrogens with zero attached hydrogens (tertiary/aromatic N) is 1. The van der Waals surface area contributed by atoms with Crippen LogP contribution < -0.4 is 4.74 Å². The Kier molecular flexibility index (Phi) is 8.22. The number of hydrogen-bond acceptors (Lipinski definition) is 5. The van der Waals surface area contributed by atoms with E-state index in [-0.39, 0.29) is 5.97 Å². The summed E-state index contributed by atoms with van der Waals surface area (Å²) in [4.78, 5) is 18.7. The number of aryl methyl sites for hydroxylation is 1. The molecule has 32 heavy (non-hydrogen) atoms. The molecule has 4 nitrogen and oxygen atoms in total. The molecule has 0 unspecified atom stereocenters. The summed E-state index contributed by atoms with van der Waals surface area (Å²) in [6, 6.07) is 14.3. The molecule has 1 aliphatic carbocycles. The number of halogens is 2. The Balaban J connectivity index is 1.57. The number of carbonyl (C=O) groups is 1. The molecule has 0 N–H and O–H groups in total. The second-order valence-electron chi connectivity index (χ2n) is 7.46. The first kappa shape index (κ1) is 23.7. The van der Waals surface area contributed by atoms with Crippen LogP contribution in [0.4, 0.5) is 5.00 Å². The van der Waals surface area contributed by atoms with E-state index in [0.717, 1.165) is 53.8 Å². The van der Waals surface area contributed by atoms with Gasteiger partial charge in [-0.15, -0.1) is 11.3 Å². The molecule has 7 heteroatoms. The Morgan fingerprint density at radius 3 is 2.56 bits per heavy atom. The van der Waals surface area contributed by atoms with Gasteiger partial charge in [0.1, 0.15) is 17.4 Å². The van der Waals surface area contributed by atoms with Gasteiger partial charge in [-0.3, -0.25) is 0 Å². The van der Waals surface area contributed by atoms with Gasteiger partial charge >= 0.3 is 5.97 Å². The summed E-state index contributed by atoms with van der Waals surface area (Å²) in [5, 5.41) is 0.754. The van der Waals surface area contributed by atoms with E-state index in [1.165, 1.54) is 11.3 Å². The fourth-order valence-electron chi connectivity index (χ4n) is 3.71. The van der Waals surface area contributed by atoms with Crippen molar-refractivity contribution in [1.82, 2.24) is 0 Å². The Bertz CT molecular complexity index is 1120. The van der Waals surface area contributed by atoms with Crippen molar-refractivity contribution in [2.45, 2.75) is 39.2 Å². The SMILES string of the molecule is CCOC(=O)c1c(N=Cc2cc(I)c(OCc3ccccc3)c(I)c2)sc2c1CCCC2. The van der Waals surface area contributed by atoms with Crippen LogP contribution >= 0.6 is 56.5 Å². The van der Waals surface area contributed by atoms with Crippen LogP contribution in [0.2, 0.25) is 0 Å². The molecule has 166 valence electrons. The van der Waals surface area contributed by atoms with Gasteiger partial charge < -0.3 is 9.47 Å². The number of benzene rings is 2. The zero-order valence-electron chi connectivity index (χ0n) is 17.7. The second kappa shape index (κ2) is 11.1. The van der Waals surface area contributed by atoms with Gasteiger partial charge in [0, 0.05) is 11.1 Å². The third-order valence-corrected chi connectivity index (χ3v) is 8.01. The molecule has 0 spiro atoms. The average Bonchev–Trinajstić information content (AvgIpc) is 3.16. The lowest BCUT2D eigenvalue weighted by atomic mass is 9.95. The van der Waals surface area contributed by atoms with Crippen LogP contribution in [0.5, 0.6) is 5.75 Å². The number of esters is 1. The van der Waals surface area contributed by atoms with Crippen LogP contribution in [0.25, 0.3) is 0 Å². The highest BCUT2D eigenvalue weighted by Crippen LogP contribution is 2.40. The number of thiophene rings is 1. The van der Waals surface area contributed by atoms with E-state index in [0.29, 0.717) is 18.8 Å². The first-order chi connectivity index (χ1) is 15.6.